The fourth-order valence-corrected chi connectivity index (χ4v) is 3.92. The lowest BCUT2D eigenvalue weighted by atomic mass is 9.85. The lowest BCUT2D eigenvalue weighted by Crippen LogP contribution is -2.45. The highest BCUT2D eigenvalue weighted by Gasteiger charge is 2.31. The zero-order valence-corrected chi connectivity index (χ0v) is 19.4. The molecule has 0 atom stereocenters. The number of hydrogen-bond donors (Lipinski definition) is 1. The summed E-state index contributed by atoms with van der Waals surface area (Å²) >= 11 is 5.88. The summed E-state index contributed by atoms with van der Waals surface area (Å²) in [5.41, 5.74) is 0.0318. The van der Waals surface area contributed by atoms with Gasteiger partial charge in [-0.25, -0.2) is 0 Å². The van der Waals surface area contributed by atoms with Crippen molar-refractivity contribution in [2.75, 3.05) is 6.61 Å². The van der Waals surface area contributed by atoms with Crippen LogP contribution in [0.2, 0.25) is 5.02 Å². The second-order valence-corrected chi connectivity index (χ2v) is 9.31. The fourth-order valence-electron chi connectivity index (χ4n) is 3.79. The molecule has 0 spiro atoms. The first kappa shape index (κ1) is 23.9. The van der Waals surface area contributed by atoms with E-state index in [4.69, 9.17) is 26.3 Å². The zero-order valence-electron chi connectivity index (χ0n) is 18.6. The molecule has 1 aliphatic carbocycles. The summed E-state index contributed by atoms with van der Waals surface area (Å²) in [5, 5.41) is 12.9. The molecule has 2 aromatic rings. The predicted molar refractivity (Wildman–Crippen MR) is 124 cm³/mol. The van der Waals surface area contributed by atoms with Crippen LogP contribution < -0.4 is 14.8 Å². The zero-order chi connectivity index (χ0) is 23.0. The molecule has 1 heterocycles. The predicted octanol–water partition coefficient (Wildman–Crippen LogP) is 5.30. The van der Waals surface area contributed by atoms with E-state index in [0.717, 1.165) is 44.3 Å². The summed E-state index contributed by atoms with van der Waals surface area (Å²) in [5.74, 6) is 1.49. The van der Waals surface area contributed by atoms with Gasteiger partial charge in [-0.15, -0.1) is 0 Å². The fraction of sp³-hybridized carbons (Fsp3) is 0.480. The minimum absolute atomic E-state index is 0.0805. The molecule has 0 saturated heterocycles. The van der Waals surface area contributed by atoms with Crippen LogP contribution in [-0.2, 0) is 4.79 Å². The van der Waals surface area contributed by atoms with E-state index in [1.807, 2.05) is 26.0 Å². The largest absolute Gasteiger partial charge is 0.494 e. The van der Waals surface area contributed by atoms with Crippen molar-refractivity contribution in [3.8, 4) is 17.6 Å². The summed E-state index contributed by atoms with van der Waals surface area (Å²) in [4.78, 5) is 16.9. The number of amides is 1. The SMILES string of the molecule is CC(C)(CCCOc1ccc(Cl)cc1)C(=O)N[C@H]1CC[C@H](Oc2cncc(C#N)c2)CC1. The molecule has 32 heavy (non-hydrogen) atoms. The third-order valence-corrected chi connectivity index (χ3v) is 6.05. The molecule has 0 radical (unpaired) electrons. The molecule has 6 nitrogen and oxygen atoms in total. The van der Waals surface area contributed by atoms with E-state index in [0.29, 0.717) is 22.9 Å². The number of ether oxygens (including phenoxy) is 2. The third kappa shape index (κ3) is 7.13. The van der Waals surface area contributed by atoms with Gasteiger partial charge in [-0.1, -0.05) is 25.4 Å². The molecule has 1 N–H and O–H groups in total. The summed E-state index contributed by atoms with van der Waals surface area (Å²) < 4.78 is 11.7. The van der Waals surface area contributed by atoms with E-state index >= 15 is 0 Å². The Kier molecular flexibility index (Phi) is 8.35. The molecule has 1 aromatic carbocycles. The Morgan fingerprint density at radius 1 is 1.19 bits per heavy atom. The van der Waals surface area contributed by atoms with Crippen molar-refractivity contribution < 1.29 is 14.3 Å². The number of nitriles is 1. The van der Waals surface area contributed by atoms with Crippen molar-refractivity contribution in [2.45, 2.75) is 64.5 Å². The Balaban J connectivity index is 1.37. The number of carbonyl (C=O) groups excluding carboxylic acids is 1. The highest BCUT2D eigenvalue weighted by molar-refractivity contribution is 6.30. The number of pyridine rings is 1. The average molecular weight is 456 g/mol. The molecule has 3 rings (SSSR count). The van der Waals surface area contributed by atoms with E-state index in [1.54, 1.807) is 24.4 Å². The summed E-state index contributed by atoms with van der Waals surface area (Å²) in [6.45, 7) is 4.52. The monoisotopic (exact) mass is 455 g/mol. The number of halogens is 1. The van der Waals surface area contributed by atoms with Crippen molar-refractivity contribution >= 4 is 17.5 Å². The van der Waals surface area contributed by atoms with Gasteiger partial charge in [0.1, 0.15) is 17.6 Å². The molecule has 170 valence electrons. The number of benzene rings is 1. The van der Waals surface area contributed by atoms with Gasteiger partial charge in [-0.2, -0.15) is 5.26 Å². The first-order valence-corrected chi connectivity index (χ1v) is 11.4. The third-order valence-electron chi connectivity index (χ3n) is 5.80. The lowest BCUT2D eigenvalue weighted by Gasteiger charge is -2.32. The van der Waals surface area contributed by atoms with Crippen LogP contribution in [0.15, 0.2) is 42.7 Å². The molecule has 1 saturated carbocycles. The van der Waals surface area contributed by atoms with Crippen molar-refractivity contribution in [3.63, 3.8) is 0 Å². The molecule has 1 fully saturated rings. The van der Waals surface area contributed by atoms with E-state index < -0.39 is 5.41 Å². The summed E-state index contributed by atoms with van der Waals surface area (Å²) in [7, 11) is 0. The molecular formula is C25H30ClN3O3. The number of nitrogens with zero attached hydrogens (tertiary/aromatic N) is 2. The second-order valence-electron chi connectivity index (χ2n) is 8.88. The van der Waals surface area contributed by atoms with Crippen LogP contribution in [0, 0.1) is 16.7 Å². The first-order chi connectivity index (χ1) is 15.4. The topological polar surface area (TPSA) is 84.2 Å². The minimum Gasteiger partial charge on any atom is -0.494 e. The molecule has 1 amide bonds. The molecule has 7 heteroatoms. The Hall–Kier alpha value is -2.78. The van der Waals surface area contributed by atoms with Crippen LogP contribution in [-0.4, -0.2) is 29.6 Å². The van der Waals surface area contributed by atoms with Gasteiger partial charge < -0.3 is 14.8 Å². The van der Waals surface area contributed by atoms with E-state index in [2.05, 4.69) is 16.4 Å². The van der Waals surface area contributed by atoms with Crippen LogP contribution in [0.25, 0.3) is 0 Å². The summed E-state index contributed by atoms with van der Waals surface area (Å²) in [6, 6.07) is 11.2. The minimum atomic E-state index is -0.458. The smallest absolute Gasteiger partial charge is 0.225 e. The Morgan fingerprint density at radius 2 is 1.91 bits per heavy atom. The van der Waals surface area contributed by atoms with Crippen LogP contribution in [0.4, 0.5) is 0 Å². The van der Waals surface area contributed by atoms with Crippen molar-refractivity contribution in [3.05, 3.63) is 53.3 Å². The van der Waals surface area contributed by atoms with Gasteiger partial charge in [0.05, 0.1) is 24.5 Å². The molecular weight excluding hydrogens is 426 g/mol. The first-order valence-electron chi connectivity index (χ1n) is 11.1. The standard InChI is InChI=1S/C25H30ClN3O3/c1-25(2,12-3-13-31-21-8-4-19(26)5-9-21)24(30)29-20-6-10-22(11-7-20)32-23-14-18(15-27)16-28-17-23/h4-5,8-9,14,16-17,20,22H,3,6-7,10-13H2,1-2H3,(H,29,30)/t20-,22-. The normalized spacial score (nSPS) is 18.4. The highest BCUT2D eigenvalue weighted by atomic mass is 35.5. The van der Waals surface area contributed by atoms with Crippen LogP contribution in [0.5, 0.6) is 11.5 Å². The average Bonchev–Trinajstić information content (AvgIpc) is 2.79. The van der Waals surface area contributed by atoms with Crippen LogP contribution >= 0.6 is 11.6 Å². The van der Waals surface area contributed by atoms with Gasteiger partial charge in [0.25, 0.3) is 0 Å². The molecule has 0 aliphatic heterocycles. The lowest BCUT2D eigenvalue weighted by molar-refractivity contribution is -0.130. The Bertz CT molecular complexity index is 932. The number of nitrogens with one attached hydrogen (secondary N) is 1. The number of rotatable bonds is 9. The molecule has 1 aliphatic rings. The Morgan fingerprint density at radius 3 is 2.59 bits per heavy atom. The van der Waals surface area contributed by atoms with Crippen molar-refractivity contribution in [1.29, 1.82) is 5.26 Å². The van der Waals surface area contributed by atoms with Gasteiger partial charge >= 0.3 is 0 Å². The quantitative estimate of drug-likeness (QED) is 0.519. The highest BCUT2D eigenvalue weighted by Crippen LogP contribution is 2.27. The maximum absolute atomic E-state index is 12.8. The van der Waals surface area contributed by atoms with Crippen molar-refractivity contribution in [1.82, 2.24) is 10.3 Å². The Labute approximate surface area is 194 Å². The van der Waals surface area contributed by atoms with Gasteiger partial charge in [0, 0.05) is 28.7 Å². The number of aromatic nitrogens is 1. The maximum atomic E-state index is 12.8. The molecule has 0 bridgehead atoms. The number of hydrogen-bond acceptors (Lipinski definition) is 5. The second kappa shape index (κ2) is 11.2. The summed E-state index contributed by atoms with van der Waals surface area (Å²) in [6.07, 6.45) is 8.23. The maximum Gasteiger partial charge on any atom is 0.225 e. The van der Waals surface area contributed by atoms with Gasteiger partial charge in [0.15, 0.2) is 0 Å². The van der Waals surface area contributed by atoms with E-state index in [-0.39, 0.29) is 18.1 Å². The van der Waals surface area contributed by atoms with Gasteiger partial charge in [-0.05, 0) is 62.8 Å². The van der Waals surface area contributed by atoms with Gasteiger partial charge in [-0.3, -0.25) is 9.78 Å². The van der Waals surface area contributed by atoms with Gasteiger partial charge in [0.2, 0.25) is 5.91 Å². The van der Waals surface area contributed by atoms with Crippen molar-refractivity contribution in [2.24, 2.45) is 5.41 Å². The molecule has 1 aromatic heterocycles. The van der Waals surface area contributed by atoms with Crippen LogP contribution in [0.1, 0.15) is 57.9 Å². The number of carbonyl (C=O) groups is 1. The van der Waals surface area contributed by atoms with E-state index in [1.165, 1.54) is 6.20 Å². The molecule has 0 unspecified atom stereocenters. The van der Waals surface area contributed by atoms with Crippen LogP contribution in [0.3, 0.4) is 0 Å². The van der Waals surface area contributed by atoms with E-state index in [9.17, 15) is 4.79 Å².